The van der Waals surface area contributed by atoms with E-state index in [0.29, 0.717) is 28.5 Å². The Bertz CT molecular complexity index is 669. The highest BCUT2D eigenvalue weighted by Crippen LogP contribution is 2.18. The SMILES string of the molecule is Cc1cnc(CNC(=O)c2c(C)[nH]c(C(=O)O)c2C)o1. The number of hydrogen-bond donors (Lipinski definition) is 3. The molecule has 20 heavy (non-hydrogen) atoms. The van der Waals surface area contributed by atoms with Crippen LogP contribution in [0.25, 0.3) is 0 Å². The summed E-state index contributed by atoms with van der Waals surface area (Å²) in [7, 11) is 0. The van der Waals surface area contributed by atoms with Crippen molar-refractivity contribution in [2.45, 2.75) is 27.3 Å². The summed E-state index contributed by atoms with van der Waals surface area (Å²) in [6.45, 7) is 5.16. The molecule has 3 N–H and O–H groups in total. The monoisotopic (exact) mass is 277 g/mol. The molecule has 0 fully saturated rings. The van der Waals surface area contributed by atoms with E-state index >= 15 is 0 Å². The van der Waals surface area contributed by atoms with E-state index in [-0.39, 0.29) is 18.1 Å². The Kier molecular flexibility index (Phi) is 3.60. The smallest absolute Gasteiger partial charge is 0.352 e. The molecule has 2 aromatic heterocycles. The molecule has 2 aromatic rings. The van der Waals surface area contributed by atoms with E-state index in [4.69, 9.17) is 9.52 Å². The average molecular weight is 277 g/mol. The molecule has 0 saturated carbocycles. The highest BCUT2D eigenvalue weighted by molar-refractivity contribution is 6.00. The van der Waals surface area contributed by atoms with Gasteiger partial charge in [-0.25, -0.2) is 9.78 Å². The molecule has 0 unspecified atom stereocenters. The van der Waals surface area contributed by atoms with Gasteiger partial charge in [0.05, 0.1) is 18.3 Å². The second-order valence-corrected chi connectivity index (χ2v) is 4.48. The third kappa shape index (κ3) is 2.56. The number of carboxylic acid groups (broad SMARTS) is 1. The maximum absolute atomic E-state index is 12.1. The van der Waals surface area contributed by atoms with Crippen molar-refractivity contribution >= 4 is 11.9 Å². The van der Waals surface area contributed by atoms with Gasteiger partial charge < -0.3 is 19.8 Å². The minimum absolute atomic E-state index is 0.0274. The van der Waals surface area contributed by atoms with Gasteiger partial charge in [-0.1, -0.05) is 0 Å². The lowest BCUT2D eigenvalue weighted by Gasteiger charge is -2.03. The van der Waals surface area contributed by atoms with Gasteiger partial charge in [0.1, 0.15) is 11.5 Å². The Morgan fingerprint density at radius 2 is 2.10 bits per heavy atom. The molecule has 0 saturated heterocycles. The van der Waals surface area contributed by atoms with E-state index in [1.54, 1.807) is 27.0 Å². The number of nitrogens with one attached hydrogen (secondary N) is 2. The summed E-state index contributed by atoms with van der Waals surface area (Å²) >= 11 is 0. The van der Waals surface area contributed by atoms with Crippen LogP contribution in [0, 0.1) is 20.8 Å². The molecule has 1 amide bonds. The lowest BCUT2D eigenvalue weighted by Crippen LogP contribution is -2.24. The summed E-state index contributed by atoms with van der Waals surface area (Å²) in [5, 5.41) is 11.7. The quantitative estimate of drug-likeness (QED) is 0.785. The van der Waals surface area contributed by atoms with Crippen LogP contribution in [-0.2, 0) is 6.54 Å². The number of carbonyl (C=O) groups is 2. The van der Waals surface area contributed by atoms with Gasteiger partial charge in [-0.15, -0.1) is 0 Å². The van der Waals surface area contributed by atoms with E-state index in [9.17, 15) is 9.59 Å². The Labute approximate surface area is 115 Å². The zero-order chi connectivity index (χ0) is 14.9. The molecule has 2 heterocycles. The molecule has 0 radical (unpaired) electrons. The number of aromatic carboxylic acids is 1. The van der Waals surface area contributed by atoms with Crippen LogP contribution in [0.1, 0.15) is 43.8 Å². The molecule has 2 rings (SSSR count). The van der Waals surface area contributed by atoms with Crippen LogP contribution >= 0.6 is 0 Å². The maximum atomic E-state index is 12.1. The Hall–Kier alpha value is -2.57. The fourth-order valence-electron chi connectivity index (χ4n) is 2.03. The van der Waals surface area contributed by atoms with Crippen molar-refractivity contribution in [1.82, 2.24) is 15.3 Å². The summed E-state index contributed by atoms with van der Waals surface area (Å²) < 4.78 is 5.25. The molecule has 106 valence electrons. The molecule has 0 bridgehead atoms. The number of aromatic amines is 1. The molecular formula is C13H15N3O4. The lowest BCUT2D eigenvalue weighted by molar-refractivity contribution is 0.0690. The minimum Gasteiger partial charge on any atom is -0.477 e. The third-order valence-electron chi connectivity index (χ3n) is 2.95. The number of oxazole rings is 1. The molecule has 0 atom stereocenters. The Morgan fingerprint density at radius 1 is 1.40 bits per heavy atom. The van der Waals surface area contributed by atoms with E-state index < -0.39 is 5.97 Å². The van der Waals surface area contributed by atoms with E-state index in [0.717, 1.165) is 0 Å². The summed E-state index contributed by atoms with van der Waals surface area (Å²) in [6.07, 6.45) is 1.57. The van der Waals surface area contributed by atoms with Crippen molar-refractivity contribution in [3.63, 3.8) is 0 Å². The molecule has 0 spiro atoms. The molecule has 0 aromatic carbocycles. The highest BCUT2D eigenvalue weighted by Gasteiger charge is 2.21. The van der Waals surface area contributed by atoms with Crippen molar-refractivity contribution in [2.75, 3.05) is 0 Å². The first kappa shape index (κ1) is 13.9. The Morgan fingerprint density at radius 3 is 2.60 bits per heavy atom. The first-order valence-corrected chi connectivity index (χ1v) is 6.02. The number of rotatable bonds is 4. The first-order valence-electron chi connectivity index (χ1n) is 6.02. The summed E-state index contributed by atoms with van der Waals surface area (Å²) in [5.74, 6) is -0.385. The van der Waals surface area contributed by atoms with E-state index in [1.807, 2.05) is 0 Å². The van der Waals surface area contributed by atoms with Crippen LogP contribution in [0.4, 0.5) is 0 Å². The van der Waals surface area contributed by atoms with Crippen LogP contribution in [0.2, 0.25) is 0 Å². The van der Waals surface area contributed by atoms with Crippen molar-refractivity contribution in [2.24, 2.45) is 0 Å². The van der Waals surface area contributed by atoms with Crippen molar-refractivity contribution in [3.8, 4) is 0 Å². The first-order chi connectivity index (χ1) is 9.40. The second-order valence-electron chi connectivity index (χ2n) is 4.48. The predicted octanol–water partition coefficient (Wildman–Crippen LogP) is 1.56. The molecule has 7 heteroatoms. The van der Waals surface area contributed by atoms with Crippen LogP contribution in [0.3, 0.4) is 0 Å². The molecule has 0 aliphatic heterocycles. The molecule has 0 aliphatic carbocycles. The normalized spacial score (nSPS) is 10.6. The fraction of sp³-hybridized carbons (Fsp3) is 0.308. The van der Waals surface area contributed by atoms with Crippen molar-refractivity contribution in [3.05, 3.63) is 40.4 Å². The number of aromatic nitrogens is 2. The standard InChI is InChI=1S/C13H15N3O4/c1-6-4-14-9(20-6)5-15-12(17)10-7(2)11(13(18)19)16-8(10)3/h4,16H,5H2,1-3H3,(H,15,17)(H,18,19). The number of hydrogen-bond acceptors (Lipinski definition) is 4. The third-order valence-corrected chi connectivity index (χ3v) is 2.95. The van der Waals surface area contributed by atoms with Gasteiger partial charge in [0, 0.05) is 5.69 Å². The van der Waals surface area contributed by atoms with Gasteiger partial charge in [-0.3, -0.25) is 4.79 Å². The Balaban J connectivity index is 2.15. The zero-order valence-electron chi connectivity index (χ0n) is 11.4. The van der Waals surface area contributed by atoms with Crippen LogP contribution in [0.15, 0.2) is 10.6 Å². The highest BCUT2D eigenvalue weighted by atomic mass is 16.4. The number of H-pyrrole nitrogens is 1. The molecule has 0 aliphatic rings. The van der Waals surface area contributed by atoms with E-state index in [2.05, 4.69) is 15.3 Å². The van der Waals surface area contributed by atoms with Gasteiger partial charge in [0.2, 0.25) is 5.89 Å². The van der Waals surface area contributed by atoms with Gasteiger partial charge >= 0.3 is 5.97 Å². The minimum atomic E-state index is -1.09. The van der Waals surface area contributed by atoms with Crippen molar-refractivity contribution in [1.29, 1.82) is 0 Å². The number of aryl methyl sites for hydroxylation is 2. The van der Waals surface area contributed by atoms with Gasteiger partial charge in [-0.05, 0) is 26.3 Å². The van der Waals surface area contributed by atoms with Crippen LogP contribution in [-0.4, -0.2) is 27.0 Å². The number of amides is 1. The summed E-state index contributed by atoms with van der Waals surface area (Å²) in [5.41, 5.74) is 1.29. The van der Waals surface area contributed by atoms with Crippen molar-refractivity contribution < 1.29 is 19.1 Å². The summed E-state index contributed by atoms with van der Waals surface area (Å²) in [6, 6.07) is 0. The predicted molar refractivity (Wildman–Crippen MR) is 69.6 cm³/mol. The second kappa shape index (κ2) is 5.20. The molecular weight excluding hydrogens is 262 g/mol. The van der Waals surface area contributed by atoms with Crippen LogP contribution < -0.4 is 5.32 Å². The largest absolute Gasteiger partial charge is 0.477 e. The van der Waals surface area contributed by atoms with E-state index in [1.165, 1.54) is 0 Å². The maximum Gasteiger partial charge on any atom is 0.352 e. The lowest BCUT2D eigenvalue weighted by atomic mass is 10.1. The molecule has 7 nitrogen and oxygen atoms in total. The number of carboxylic acids is 1. The van der Waals surface area contributed by atoms with Gasteiger partial charge in [-0.2, -0.15) is 0 Å². The topological polar surface area (TPSA) is 108 Å². The fourth-order valence-corrected chi connectivity index (χ4v) is 2.03. The number of carbonyl (C=O) groups excluding carboxylic acids is 1. The zero-order valence-corrected chi connectivity index (χ0v) is 11.4. The summed E-state index contributed by atoms with van der Waals surface area (Å²) in [4.78, 5) is 29.8. The van der Waals surface area contributed by atoms with Crippen LogP contribution in [0.5, 0.6) is 0 Å². The number of nitrogens with zero attached hydrogens (tertiary/aromatic N) is 1. The van der Waals surface area contributed by atoms with Gasteiger partial charge in [0.25, 0.3) is 5.91 Å². The van der Waals surface area contributed by atoms with Gasteiger partial charge in [0.15, 0.2) is 0 Å². The average Bonchev–Trinajstić information content (AvgIpc) is 2.91.